The molecule has 2 aliphatic heterocycles. The first kappa shape index (κ1) is 21.6. The predicted octanol–water partition coefficient (Wildman–Crippen LogP) is 4.13. The summed E-state index contributed by atoms with van der Waals surface area (Å²) < 4.78 is 0. The highest BCUT2D eigenvalue weighted by atomic mass is 32.1. The molecule has 2 aromatic heterocycles. The molecular weight excluding hydrogens is 440 g/mol. The standard InChI is InChI=1S/C24H28N4O2S2/c25-24(30)17-6-2-10-27(14-17)15-21(29)28-23(20-9-4-12-32-20)19-8-1-5-16(22(19)26-28)13-18-7-3-11-31-18/h3-4,7,9,11-13,17,19,23H,1-2,5-6,8,10,14-15H2,(H2,25,30)/b16-13+. The van der Waals surface area contributed by atoms with Gasteiger partial charge in [-0.3, -0.25) is 14.5 Å². The number of rotatable bonds is 5. The van der Waals surface area contributed by atoms with Gasteiger partial charge in [0, 0.05) is 22.2 Å². The molecule has 3 atom stereocenters. The molecule has 8 heteroatoms. The zero-order chi connectivity index (χ0) is 22.1. The van der Waals surface area contributed by atoms with Crippen molar-refractivity contribution in [2.24, 2.45) is 22.7 Å². The molecule has 0 spiro atoms. The van der Waals surface area contributed by atoms with Gasteiger partial charge in [-0.25, -0.2) is 5.01 Å². The molecule has 0 bridgehead atoms. The summed E-state index contributed by atoms with van der Waals surface area (Å²) in [5.41, 5.74) is 7.86. The summed E-state index contributed by atoms with van der Waals surface area (Å²) in [6.45, 7) is 1.65. The molecule has 2 N–H and O–H groups in total. The maximum absolute atomic E-state index is 13.5. The number of hydrogen-bond donors (Lipinski definition) is 1. The van der Waals surface area contributed by atoms with Crippen molar-refractivity contribution in [2.45, 2.75) is 38.1 Å². The molecule has 1 aliphatic carbocycles. The highest BCUT2D eigenvalue weighted by molar-refractivity contribution is 7.11. The summed E-state index contributed by atoms with van der Waals surface area (Å²) in [6, 6.07) is 8.32. The molecule has 4 heterocycles. The van der Waals surface area contributed by atoms with E-state index in [0.29, 0.717) is 6.54 Å². The Morgan fingerprint density at radius 1 is 1.16 bits per heavy atom. The molecule has 2 fully saturated rings. The second kappa shape index (κ2) is 9.29. The molecule has 5 rings (SSSR count). The Bertz CT molecular complexity index is 1030. The van der Waals surface area contributed by atoms with Gasteiger partial charge in [-0.2, -0.15) is 5.10 Å². The Hall–Kier alpha value is -2.29. The van der Waals surface area contributed by atoms with Crippen molar-refractivity contribution in [1.29, 1.82) is 0 Å². The van der Waals surface area contributed by atoms with E-state index in [1.807, 2.05) is 6.07 Å². The lowest BCUT2D eigenvalue weighted by Crippen LogP contribution is -2.46. The first-order valence-electron chi connectivity index (χ1n) is 11.3. The molecule has 2 aromatic rings. The lowest BCUT2D eigenvalue weighted by atomic mass is 9.79. The summed E-state index contributed by atoms with van der Waals surface area (Å²) in [4.78, 5) is 29.7. The van der Waals surface area contributed by atoms with E-state index in [0.717, 1.165) is 44.4 Å². The Balaban J connectivity index is 1.42. The van der Waals surface area contributed by atoms with E-state index in [4.69, 9.17) is 10.8 Å². The first-order chi connectivity index (χ1) is 15.6. The molecule has 3 unspecified atom stereocenters. The van der Waals surface area contributed by atoms with Crippen molar-refractivity contribution in [3.05, 3.63) is 50.4 Å². The number of likely N-dealkylation sites (tertiary alicyclic amines) is 1. The zero-order valence-corrected chi connectivity index (χ0v) is 19.6. The van der Waals surface area contributed by atoms with Crippen LogP contribution < -0.4 is 5.73 Å². The highest BCUT2D eigenvalue weighted by Gasteiger charge is 2.44. The van der Waals surface area contributed by atoms with Gasteiger partial charge >= 0.3 is 0 Å². The van der Waals surface area contributed by atoms with Gasteiger partial charge in [0.1, 0.15) is 0 Å². The highest BCUT2D eigenvalue weighted by Crippen LogP contribution is 2.45. The zero-order valence-electron chi connectivity index (χ0n) is 18.0. The summed E-state index contributed by atoms with van der Waals surface area (Å²) in [5.74, 6) is -0.199. The summed E-state index contributed by atoms with van der Waals surface area (Å²) >= 11 is 3.42. The van der Waals surface area contributed by atoms with Crippen LogP contribution in [0.5, 0.6) is 0 Å². The maximum Gasteiger partial charge on any atom is 0.257 e. The molecule has 6 nitrogen and oxygen atoms in total. The first-order valence-corrected chi connectivity index (χ1v) is 13.1. The van der Waals surface area contributed by atoms with Crippen molar-refractivity contribution >= 4 is 46.3 Å². The van der Waals surface area contributed by atoms with Gasteiger partial charge in [0.25, 0.3) is 5.91 Å². The number of nitrogens with two attached hydrogens (primary N) is 1. The average Bonchev–Trinajstić information content (AvgIpc) is 3.54. The van der Waals surface area contributed by atoms with E-state index in [-0.39, 0.29) is 36.2 Å². The van der Waals surface area contributed by atoms with E-state index in [2.05, 4.69) is 39.9 Å². The number of nitrogens with zero attached hydrogens (tertiary/aromatic N) is 3. The van der Waals surface area contributed by atoms with Gasteiger partial charge < -0.3 is 5.73 Å². The monoisotopic (exact) mass is 468 g/mol. The van der Waals surface area contributed by atoms with Crippen molar-refractivity contribution in [3.63, 3.8) is 0 Å². The molecule has 0 radical (unpaired) electrons. The van der Waals surface area contributed by atoms with Crippen LogP contribution in [0.25, 0.3) is 6.08 Å². The van der Waals surface area contributed by atoms with Crippen LogP contribution >= 0.6 is 22.7 Å². The minimum atomic E-state index is -0.269. The third-order valence-electron chi connectivity index (χ3n) is 6.72. The number of primary amides is 1. The number of thiophene rings is 2. The van der Waals surface area contributed by atoms with E-state index in [9.17, 15) is 9.59 Å². The van der Waals surface area contributed by atoms with Gasteiger partial charge in [0.2, 0.25) is 5.91 Å². The average molecular weight is 469 g/mol. The fraction of sp³-hybridized carbons (Fsp3) is 0.458. The third kappa shape index (κ3) is 4.31. The number of piperidine rings is 1. The molecule has 1 saturated heterocycles. The largest absolute Gasteiger partial charge is 0.369 e. The van der Waals surface area contributed by atoms with Crippen molar-refractivity contribution in [3.8, 4) is 0 Å². The van der Waals surface area contributed by atoms with Crippen LogP contribution in [0, 0.1) is 11.8 Å². The van der Waals surface area contributed by atoms with Gasteiger partial charge in [-0.1, -0.05) is 12.1 Å². The van der Waals surface area contributed by atoms with E-state index >= 15 is 0 Å². The van der Waals surface area contributed by atoms with Crippen LogP contribution in [-0.4, -0.2) is 47.1 Å². The number of hydrogen-bond acceptors (Lipinski definition) is 6. The fourth-order valence-electron chi connectivity index (χ4n) is 5.19. The quantitative estimate of drug-likeness (QED) is 0.717. The van der Waals surface area contributed by atoms with Crippen molar-refractivity contribution in [1.82, 2.24) is 9.91 Å². The predicted molar refractivity (Wildman–Crippen MR) is 129 cm³/mol. The van der Waals surface area contributed by atoms with Crippen molar-refractivity contribution < 1.29 is 9.59 Å². The maximum atomic E-state index is 13.5. The lowest BCUT2D eigenvalue weighted by molar-refractivity contribution is -0.136. The molecular formula is C24H28N4O2S2. The van der Waals surface area contributed by atoms with Crippen molar-refractivity contribution in [2.75, 3.05) is 19.6 Å². The lowest BCUT2D eigenvalue weighted by Gasteiger charge is -2.33. The third-order valence-corrected chi connectivity index (χ3v) is 8.48. The topological polar surface area (TPSA) is 79.0 Å². The van der Waals surface area contributed by atoms with Gasteiger partial charge in [0.05, 0.1) is 24.2 Å². The summed E-state index contributed by atoms with van der Waals surface area (Å²) in [6.07, 6.45) is 7.09. The molecule has 3 aliphatic rings. The Labute approximate surface area is 196 Å². The Morgan fingerprint density at radius 3 is 2.75 bits per heavy atom. The van der Waals surface area contributed by atoms with Crippen LogP contribution in [0.2, 0.25) is 0 Å². The van der Waals surface area contributed by atoms with Gasteiger partial charge in [0.15, 0.2) is 0 Å². The molecule has 2 amide bonds. The SMILES string of the molecule is NC(=O)C1CCCN(CC(=O)N2N=C3/C(=C/c4cccs4)CCCC3C2c2cccs2)C1. The Kier molecular flexibility index (Phi) is 6.26. The molecule has 1 saturated carbocycles. The Morgan fingerprint density at radius 2 is 2.00 bits per heavy atom. The summed E-state index contributed by atoms with van der Waals surface area (Å²) in [5, 5.41) is 10.9. The number of hydrazone groups is 1. The number of carbonyl (C=O) groups is 2. The number of amides is 2. The normalized spacial score (nSPS) is 27.4. The van der Waals surface area contributed by atoms with Crippen LogP contribution in [0.4, 0.5) is 0 Å². The van der Waals surface area contributed by atoms with Crippen LogP contribution in [0.3, 0.4) is 0 Å². The number of carbonyl (C=O) groups excluding carboxylic acids is 2. The molecule has 0 aromatic carbocycles. The second-order valence-electron chi connectivity index (χ2n) is 8.84. The smallest absolute Gasteiger partial charge is 0.257 e. The minimum Gasteiger partial charge on any atom is -0.369 e. The number of allylic oxidation sites excluding steroid dienone is 1. The van der Waals surface area contributed by atoms with Gasteiger partial charge in [-0.15, -0.1) is 22.7 Å². The van der Waals surface area contributed by atoms with E-state index in [1.165, 1.54) is 15.3 Å². The van der Waals surface area contributed by atoms with E-state index < -0.39 is 0 Å². The molecule has 168 valence electrons. The van der Waals surface area contributed by atoms with Crippen LogP contribution in [0.1, 0.15) is 47.9 Å². The minimum absolute atomic E-state index is 0.00546. The van der Waals surface area contributed by atoms with Crippen LogP contribution in [0.15, 0.2) is 45.7 Å². The van der Waals surface area contributed by atoms with Gasteiger partial charge in [-0.05, 0) is 73.2 Å². The molecule has 32 heavy (non-hydrogen) atoms. The van der Waals surface area contributed by atoms with Crippen LogP contribution in [-0.2, 0) is 9.59 Å². The summed E-state index contributed by atoms with van der Waals surface area (Å²) in [7, 11) is 0. The van der Waals surface area contributed by atoms with E-state index in [1.54, 1.807) is 27.7 Å². The second-order valence-corrected chi connectivity index (χ2v) is 10.8. The number of fused-ring (bicyclic) bond motifs is 1. The fourth-order valence-corrected chi connectivity index (χ4v) is 6.74.